The summed E-state index contributed by atoms with van der Waals surface area (Å²) in [5.41, 5.74) is 9.59. The number of nitrogens with zero attached hydrogens (tertiary/aromatic N) is 2. The number of nitrogens with two attached hydrogens (primary N) is 2. The maximum atomic E-state index is 10.7. The van der Waals surface area contributed by atoms with E-state index in [4.69, 9.17) is 16.7 Å². The molecular formula is C10H18N4O2. The highest BCUT2D eigenvalue weighted by atomic mass is 16.2. The first-order chi connectivity index (χ1) is 7.26. The summed E-state index contributed by atoms with van der Waals surface area (Å²) in [5, 5.41) is 8.82. The minimum absolute atomic E-state index is 0.0234. The van der Waals surface area contributed by atoms with Crippen LogP contribution in [0.5, 0.6) is 0 Å². The molecule has 0 unspecified atom stereocenters. The van der Waals surface area contributed by atoms with Gasteiger partial charge in [0.25, 0.3) is 0 Å². The van der Waals surface area contributed by atoms with Crippen molar-refractivity contribution in [3.8, 4) is 6.07 Å². The van der Waals surface area contributed by atoms with E-state index in [9.17, 15) is 9.59 Å². The normalized spacial score (nSPS) is 11.1. The van der Waals surface area contributed by atoms with Crippen molar-refractivity contribution in [2.45, 2.75) is 20.3 Å². The zero-order valence-electron chi connectivity index (χ0n) is 9.69. The lowest BCUT2D eigenvalue weighted by Crippen LogP contribution is -2.41. The fourth-order valence-electron chi connectivity index (χ4n) is 1.15. The van der Waals surface area contributed by atoms with Crippen LogP contribution in [0, 0.1) is 16.7 Å². The molecule has 16 heavy (non-hydrogen) atoms. The van der Waals surface area contributed by atoms with Gasteiger partial charge in [-0.25, -0.2) is 0 Å². The van der Waals surface area contributed by atoms with E-state index in [1.165, 1.54) is 0 Å². The number of carbonyl (C=O) groups excluding carboxylic acids is 2. The zero-order chi connectivity index (χ0) is 12.8. The molecule has 6 nitrogen and oxygen atoms in total. The van der Waals surface area contributed by atoms with E-state index in [1.54, 1.807) is 18.7 Å². The molecule has 0 heterocycles. The van der Waals surface area contributed by atoms with Crippen molar-refractivity contribution in [3.05, 3.63) is 0 Å². The molecular weight excluding hydrogens is 208 g/mol. The molecule has 0 saturated heterocycles. The second kappa shape index (κ2) is 6.08. The Morgan fingerprint density at radius 1 is 1.25 bits per heavy atom. The van der Waals surface area contributed by atoms with E-state index in [-0.39, 0.29) is 13.1 Å². The average molecular weight is 226 g/mol. The minimum atomic E-state index is -0.518. The monoisotopic (exact) mass is 226 g/mol. The molecule has 6 heteroatoms. The van der Waals surface area contributed by atoms with Crippen LogP contribution in [0.4, 0.5) is 0 Å². The van der Waals surface area contributed by atoms with E-state index < -0.39 is 17.2 Å². The summed E-state index contributed by atoms with van der Waals surface area (Å²) in [6, 6.07) is 2.14. The van der Waals surface area contributed by atoms with Crippen LogP contribution in [0.25, 0.3) is 0 Å². The van der Waals surface area contributed by atoms with Gasteiger partial charge >= 0.3 is 0 Å². The lowest BCUT2D eigenvalue weighted by molar-refractivity contribution is -0.122. The smallest absolute Gasteiger partial charge is 0.231 e. The highest BCUT2D eigenvalue weighted by Gasteiger charge is 2.19. The van der Waals surface area contributed by atoms with Crippen molar-refractivity contribution in [1.29, 1.82) is 5.26 Å². The summed E-state index contributed by atoms with van der Waals surface area (Å²) in [7, 11) is 0. The van der Waals surface area contributed by atoms with Crippen LogP contribution in [0.2, 0.25) is 0 Å². The molecule has 0 aliphatic carbocycles. The Morgan fingerprint density at radius 3 is 2.00 bits per heavy atom. The van der Waals surface area contributed by atoms with Gasteiger partial charge in [0.2, 0.25) is 11.8 Å². The van der Waals surface area contributed by atoms with Gasteiger partial charge < -0.3 is 11.5 Å². The first-order valence-corrected chi connectivity index (χ1v) is 4.97. The molecule has 0 aliphatic heterocycles. The lowest BCUT2D eigenvalue weighted by atomic mass is 9.91. The Hall–Kier alpha value is -1.61. The molecule has 0 bridgehead atoms. The topological polar surface area (TPSA) is 113 Å². The van der Waals surface area contributed by atoms with E-state index in [1.807, 2.05) is 0 Å². The molecule has 4 N–H and O–H groups in total. The van der Waals surface area contributed by atoms with Gasteiger partial charge in [-0.2, -0.15) is 5.26 Å². The van der Waals surface area contributed by atoms with Crippen LogP contribution >= 0.6 is 0 Å². The van der Waals surface area contributed by atoms with Gasteiger partial charge in [0.15, 0.2) is 0 Å². The van der Waals surface area contributed by atoms with Crippen molar-refractivity contribution in [2.24, 2.45) is 16.9 Å². The minimum Gasteiger partial charge on any atom is -0.369 e. The predicted octanol–water partition coefficient (Wildman–Crippen LogP) is -0.801. The highest BCUT2D eigenvalue weighted by Crippen LogP contribution is 2.18. The van der Waals surface area contributed by atoms with Crippen molar-refractivity contribution in [2.75, 3.05) is 19.6 Å². The predicted molar refractivity (Wildman–Crippen MR) is 58.8 cm³/mol. The summed E-state index contributed by atoms with van der Waals surface area (Å²) in [6.07, 6.45) is 0.546. The number of amides is 2. The standard InChI is InChI=1S/C10H18N4O2/c1-10(2,7-11)3-4-14(5-8(12)15)6-9(13)16/h3-6H2,1-2H3,(H2,12,15)(H2,13,16). The number of hydrogen-bond donors (Lipinski definition) is 2. The van der Waals surface area contributed by atoms with E-state index in [0.717, 1.165) is 0 Å². The van der Waals surface area contributed by atoms with Gasteiger partial charge in [0, 0.05) is 6.54 Å². The van der Waals surface area contributed by atoms with Crippen molar-refractivity contribution >= 4 is 11.8 Å². The molecule has 0 aromatic heterocycles. The van der Waals surface area contributed by atoms with Crippen LogP contribution in [0.15, 0.2) is 0 Å². The molecule has 0 fully saturated rings. The summed E-state index contributed by atoms with van der Waals surface area (Å²) in [5.74, 6) is -1.04. The summed E-state index contributed by atoms with van der Waals surface area (Å²) in [4.78, 5) is 23.0. The number of carbonyl (C=O) groups is 2. The van der Waals surface area contributed by atoms with Gasteiger partial charge in [0.05, 0.1) is 24.6 Å². The fraction of sp³-hybridized carbons (Fsp3) is 0.700. The van der Waals surface area contributed by atoms with Gasteiger partial charge in [-0.15, -0.1) is 0 Å². The quantitative estimate of drug-likeness (QED) is 0.591. The Labute approximate surface area is 95.2 Å². The van der Waals surface area contributed by atoms with Crippen molar-refractivity contribution < 1.29 is 9.59 Å². The third kappa shape index (κ3) is 6.79. The maximum absolute atomic E-state index is 10.7. The Kier molecular flexibility index (Phi) is 5.47. The summed E-state index contributed by atoms with van der Waals surface area (Å²) < 4.78 is 0. The second-order valence-corrected chi connectivity index (χ2v) is 4.39. The van der Waals surface area contributed by atoms with E-state index >= 15 is 0 Å². The molecule has 0 saturated carbocycles. The third-order valence-corrected chi connectivity index (χ3v) is 2.11. The Balaban J connectivity index is 4.27. The van der Waals surface area contributed by atoms with E-state index in [2.05, 4.69) is 6.07 Å². The number of primary amides is 2. The maximum Gasteiger partial charge on any atom is 0.231 e. The van der Waals surface area contributed by atoms with Crippen molar-refractivity contribution in [3.63, 3.8) is 0 Å². The number of rotatable bonds is 7. The van der Waals surface area contributed by atoms with Crippen LogP contribution in [0.1, 0.15) is 20.3 Å². The van der Waals surface area contributed by atoms with Crippen molar-refractivity contribution in [1.82, 2.24) is 4.90 Å². The highest BCUT2D eigenvalue weighted by molar-refractivity contribution is 5.79. The number of nitriles is 1. The van der Waals surface area contributed by atoms with Crippen LogP contribution in [-0.4, -0.2) is 36.3 Å². The Morgan fingerprint density at radius 2 is 1.69 bits per heavy atom. The lowest BCUT2D eigenvalue weighted by Gasteiger charge is -2.23. The average Bonchev–Trinajstić information content (AvgIpc) is 2.13. The van der Waals surface area contributed by atoms with Gasteiger partial charge in [-0.3, -0.25) is 14.5 Å². The second-order valence-electron chi connectivity index (χ2n) is 4.39. The largest absolute Gasteiger partial charge is 0.369 e. The summed E-state index contributed by atoms with van der Waals surface area (Å²) >= 11 is 0. The third-order valence-electron chi connectivity index (χ3n) is 2.11. The molecule has 0 rings (SSSR count). The molecule has 90 valence electrons. The first-order valence-electron chi connectivity index (χ1n) is 4.97. The first kappa shape index (κ1) is 14.4. The van der Waals surface area contributed by atoms with Gasteiger partial charge in [0.1, 0.15) is 0 Å². The van der Waals surface area contributed by atoms with Crippen LogP contribution in [0.3, 0.4) is 0 Å². The number of hydrogen-bond acceptors (Lipinski definition) is 4. The fourth-order valence-corrected chi connectivity index (χ4v) is 1.15. The summed E-state index contributed by atoms with van der Waals surface area (Å²) in [6.45, 7) is 3.97. The molecule has 0 aromatic rings. The molecule has 2 amide bonds. The van der Waals surface area contributed by atoms with Crippen LogP contribution < -0.4 is 11.5 Å². The Bertz CT molecular complexity index is 290. The molecule has 0 aromatic carbocycles. The van der Waals surface area contributed by atoms with Crippen LogP contribution in [-0.2, 0) is 9.59 Å². The molecule has 0 aliphatic rings. The molecule has 0 atom stereocenters. The molecule has 0 spiro atoms. The molecule has 0 radical (unpaired) electrons. The zero-order valence-corrected chi connectivity index (χ0v) is 9.69. The van der Waals surface area contributed by atoms with Gasteiger partial charge in [-0.05, 0) is 20.3 Å². The van der Waals surface area contributed by atoms with Gasteiger partial charge in [-0.1, -0.05) is 0 Å². The SMILES string of the molecule is CC(C)(C#N)CCN(CC(N)=O)CC(N)=O. The van der Waals surface area contributed by atoms with E-state index in [0.29, 0.717) is 13.0 Å².